The van der Waals surface area contributed by atoms with Crippen molar-refractivity contribution in [2.45, 2.75) is 12.8 Å². The predicted octanol–water partition coefficient (Wildman–Crippen LogP) is 5.38. The number of Topliss-reactive ketones (excluding diaryl/α,β-unsaturated/α-hetero) is 1. The molecule has 0 unspecified atom stereocenters. The van der Waals surface area contributed by atoms with Crippen LogP contribution in [0.1, 0.15) is 22.5 Å². The van der Waals surface area contributed by atoms with Gasteiger partial charge in [-0.2, -0.15) is 0 Å². The van der Waals surface area contributed by atoms with Gasteiger partial charge in [-0.1, -0.05) is 23.7 Å². The molecule has 5 nitrogen and oxygen atoms in total. The molecule has 3 heterocycles. The molecule has 27 heavy (non-hydrogen) atoms. The van der Waals surface area contributed by atoms with Crippen molar-refractivity contribution in [1.29, 1.82) is 0 Å². The molecule has 0 fully saturated rings. The lowest BCUT2D eigenvalue weighted by Crippen LogP contribution is -2.13. The summed E-state index contributed by atoms with van der Waals surface area (Å²) in [5.74, 6) is -0.265. The lowest BCUT2D eigenvalue weighted by atomic mass is 10.1. The number of fused-ring (bicyclic) bond motifs is 1. The molecule has 3 aromatic heterocycles. The number of amides is 1. The van der Waals surface area contributed by atoms with Gasteiger partial charge in [0, 0.05) is 41.9 Å². The van der Waals surface area contributed by atoms with Crippen molar-refractivity contribution < 1.29 is 9.59 Å². The van der Waals surface area contributed by atoms with Gasteiger partial charge in [0.15, 0.2) is 10.7 Å². The number of halogens is 1. The van der Waals surface area contributed by atoms with E-state index in [4.69, 9.17) is 11.6 Å². The number of ketones is 1. The number of thiazole rings is 1. The Bertz CT molecular complexity index is 1080. The van der Waals surface area contributed by atoms with E-state index < -0.39 is 0 Å². The van der Waals surface area contributed by atoms with E-state index in [1.165, 1.54) is 11.3 Å². The molecule has 0 spiro atoms. The molecule has 4 rings (SSSR count). The number of thiophene rings is 1. The van der Waals surface area contributed by atoms with Gasteiger partial charge in [0.05, 0.1) is 14.9 Å². The summed E-state index contributed by atoms with van der Waals surface area (Å²) in [7, 11) is 0. The molecule has 0 saturated carbocycles. The topological polar surface area (TPSA) is 63.5 Å². The number of carbonyl (C=O) groups excluding carboxylic acids is 2. The van der Waals surface area contributed by atoms with Crippen LogP contribution in [0.4, 0.5) is 5.69 Å². The maximum atomic E-state index is 12.1. The van der Waals surface area contributed by atoms with Crippen LogP contribution < -0.4 is 5.32 Å². The lowest BCUT2D eigenvalue weighted by molar-refractivity contribution is -0.116. The Hall–Kier alpha value is -2.48. The third-order valence-corrected chi connectivity index (χ3v) is 6.03. The molecule has 0 radical (unpaired) electrons. The van der Waals surface area contributed by atoms with Crippen LogP contribution >= 0.6 is 34.3 Å². The number of benzene rings is 1. The first kappa shape index (κ1) is 17.9. The molecule has 1 amide bonds. The molecule has 8 heteroatoms. The first-order valence-corrected chi connectivity index (χ1v) is 10.3. The average Bonchev–Trinajstić information content (AvgIpc) is 3.36. The van der Waals surface area contributed by atoms with Gasteiger partial charge in [-0.3, -0.25) is 14.0 Å². The van der Waals surface area contributed by atoms with Crippen molar-refractivity contribution >= 4 is 56.6 Å². The van der Waals surface area contributed by atoms with Crippen molar-refractivity contribution in [3.05, 3.63) is 63.4 Å². The number of nitrogens with zero attached hydrogens (tertiary/aromatic N) is 2. The summed E-state index contributed by atoms with van der Waals surface area (Å²) in [6, 6.07) is 10.9. The van der Waals surface area contributed by atoms with Gasteiger partial charge < -0.3 is 5.32 Å². The molecule has 1 aromatic carbocycles. The Kier molecular flexibility index (Phi) is 5.07. The maximum Gasteiger partial charge on any atom is 0.224 e. The molecule has 136 valence electrons. The molecule has 0 aliphatic heterocycles. The van der Waals surface area contributed by atoms with Crippen LogP contribution in [0, 0.1) is 0 Å². The number of carbonyl (C=O) groups is 2. The number of rotatable bonds is 6. The fourth-order valence-electron chi connectivity index (χ4n) is 2.63. The minimum atomic E-state index is -0.193. The zero-order chi connectivity index (χ0) is 18.8. The number of hydrogen-bond acceptors (Lipinski definition) is 5. The highest BCUT2D eigenvalue weighted by molar-refractivity contribution is 7.18. The van der Waals surface area contributed by atoms with Crippen LogP contribution in [0.25, 0.3) is 16.2 Å². The third kappa shape index (κ3) is 4.10. The summed E-state index contributed by atoms with van der Waals surface area (Å²) in [6.07, 6.45) is 4.23. The molecule has 0 saturated heterocycles. The van der Waals surface area contributed by atoms with Gasteiger partial charge in [0.1, 0.15) is 0 Å². The largest absolute Gasteiger partial charge is 0.326 e. The fourth-order valence-corrected chi connectivity index (χ4v) is 4.34. The van der Waals surface area contributed by atoms with Crippen molar-refractivity contribution in [3.8, 4) is 11.3 Å². The highest BCUT2D eigenvalue weighted by Crippen LogP contribution is 2.24. The van der Waals surface area contributed by atoms with E-state index in [2.05, 4.69) is 10.3 Å². The van der Waals surface area contributed by atoms with Gasteiger partial charge in [-0.05, 0) is 24.3 Å². The second-order valence-electron chi connectivity index (χ2n) is 5.87. The maximum absolute atomic E-state index is 12.1. The molecular weight excluding hydrogens is 402 g/mol. The minimum Gasteiger partial charge on any atom is -0.326 e. The standard InChI is InChI=1S/C19H14ClN3O2S2/c20-17-7-6-16(27-17)15(24)5-8-18(25)21-13-3-1-12(2-4-13)14-11-23-9-10-26-19(23)22-14/h1-4,6-7,9-11H,5,8H2,(H,21,25). The van der Waals surface area contributed by atoms with E-state index in [9.17, 15) is 9.59 Å². The van der Waals surface area contributed by atoms with Crippen LogP contribution in [0.2, 0.25) is 4.34 Å². The van der Waals surface area contributed by atoms with Crippen LogP contribution in [0.5, 0.6) is 0 Å². The minimum absolute atomic E-state index is 0.0721. The molecular formula is C19H14ClN3O2S2. The van der Waals surface area contributed by atoms with E-state index in [1.807, 2.05) is 46.4 Å². The van der Waals surface area contributed by atoms with Crippen molar-refractivity contribution in [2.75, 3.05) is 5.32 Å². The highest BCUT2D eigenvalue weighted by atomic mass is 35.5. The SMILES string of the molecule is O=C(CCC(=O)c1ccc(Cl)s1)Nc1ccc(-c2cn3ccsc3n2)cc1. The first-order valence-electron chi connectivity index (χ1n) is 8.19. The molecule has 4 aromatic rings. The molecule has 0 aliphatic rings. The quantitative estimate of drug-likeness (QED) is 0.430. The van der Waals surface area contributed by atoms with E-state index in [1.54, 1.807) is 23.5 Å². The second-order valence-corrected chi connectivity index (χ2v) is 8.46. The van der Waals surface area contributed by atoms with Crippen LogP contribution in [-0.2, 0) is 4.79 Å². The molecule has 1 N–H and O–H groups in total. The highest BCUT2D eigenvalue weighted by Gasteiger charge is 2.12. The Labute approximate surface area is 168 Å². The average molecular weight is 416 g/mol. The summed E-state index contributed by atoms with van der Waals surface area (Å²) >= 11 is 8.64. The Morgan fingerprint density at radius 3 is 2.63 bits per heavy atom. The van der Waals surface area contributed by atoms with E-state index >= 15 is 0 Å². The number of nitrogens with one attached hydrogen (secondary N) is 1. The van der Waals surface area contributed by atoms with Crippen molar-refractivity contribution in [1.82, 2.24) is 9.38 Å². The lowest BCUT2D eigenvalue weighted by Gasteiger charge is -2.05. The van der Waals surface area contributed by atoms with Gasteiger partial charge in [-0.15, -0.1) is 22.7 Å². The van der Waals surface area contributed by atoms with E-state index in [0.29, 0.717) is 14.9 Å². The summed E-state index contributed by atoms with van der Waals surface area (Å²) in [6.45, 7) is 0. The Morgan fingerprint density at radius 2 is 1.93 bits per heavy atom. The third-order valence-electron chi connectivity index (χ3n) is 3.98. The number of imidazole rings is 1. The van der Waals surface area contributed by atoms with E-state index in [-0.39, 0.29) is 24.5 Å². The zero-order valence-electron chi connectivity index (χ0n) is 14.0. The van der Waals surface area contributed by atoms with Gasteiger partial charge in [0.2, 0.25) is 5.91 Å². The molecule has 0 bridgehead atoms. The van der Waals surface area contributed by atoms with Crippen LogP contribution in [0.3, 0.4) is 0 Å². The zero-order valence-corrected chi connectivity index (χ0v) is 16.4. The van der Waals surface area contributed by atoms with Crippen LogP contribution in [-0.4, -0.2) is 21.1 Å². The second kappa shape index (κ2) is 7.64. The van der Waals surface area contributed by atoms with Gasteiger partial charge in [0.25, 0.3) is 0 Å². The Balaban J connectivity index is 1.34. The number of anilines is 1. The molecule has 0 atom stereocenters. The van der Waals surface area contributed by atoms with Crippen LogP contribution in [0.15, 0.2) is 54.2 Å². The number of aromatic nitrogens is 2. The molecule has 0 aliphatic carbocycles. The van der Waals surface area contributed by atoms with Gasteiger partial charge in [-0.25, -0.2) is 4.98 Å². The first-order chi connectivity index (χ1) is 13.1. The van der Waals surface area contributed by atoms with Crippen molar-refractivity contribution in [2.24, 2.45) is 0 Å². The predicted molar refractivity (Wildman–Crippen MR) is 110 cm³/mol. The van der Waals surface area contributed by atoms with Gasteiger partial charge >= 0.3 is 0 Å². The summed E-state index contributed by atoms with van der Waals surface area (Å²) in [5, 5.41) is 4.81. The monoisotopic (exact) mass is 415 g/mol. The smallest absolute Gasteiger partial charge is 0.224 e. The summed E-state index contributed by atoms with van der Waals surface area (Å²) in [5.41, 5.74) is 2.56. The van der Waals surface area contributed by atoms with E-state index in [0.717, 1.165) is 16.2 Å². The number of hydrogen-bond donors (Lipinski definition) is 1. The summed E-state index contributed by atoms with van der Waals surface area (Å²) < 4.78 is 2.55. The van der Waals surface area contributed by atoms with Crippen molar-refractivity contribution in [3.63, 3.8) is 0 Å². The fraction of sp³-hybridized carbons (Fsp3) is 0.105. The normalized spacial score (nSPS) is 11.0. The Morgan fingerprint density at radius 1 is 1.11 bits per heavy atom. The summed E-state index contributed by atoms with van der Waals surface area (Å²) in [4.78, 5) is 30.2.